The maximum absolute atomic E-state index is 10.0. The van der Waals surface area contributed by atoms with E-state index >= 15 is 0 Å². The molecular weight excluding hydrogens is 340 g/mol. The third-order valence-corrected chi connectivity index (χ3v) is 11.8. The van der Waals surface area contributed by atoms with Crippen LogP contribution in [0.15, 0.2) is 18.2 Å². The van der Waals surface area contributed by atoms with Crippen LogP contribution >= 0.6 is 0 Å². The molecule has 1 rings (SSSR count). The molecule has 1 aromatic carbocycles. The Morgan fingerprint density at radius 3 is 2.04 bits per heavy atom. The van der Waals surface area contributed by atoms with Crippen molar-refractivity contribution in [2.75, 3.05) is 13.2 Å². The minimum absolute atomic E-state index is 0.143. The zero-order valence-corrected chi connectivity index (χ0v) is 18.9. The summed E-state index contributed by atoms with van der Waals surface area (Å²) in [5.41, 5.74) is 4.01. The molecule has 0 radical (unpaired) electrons. The molecule has 26 heavy (non-hydrogen) atoms. The van der Waals surface area contributed by atoms with Crippen LogP contribution in [0.4, 0.5) is 0 Å². The molecule has 0 fully saturated rings. The Hall–Kier alpha value is -0.843. The lowest BCUT2D eigenvalue weighted by atomic mass is 9.98. The summed E-state index contributed by atoms with van der Waals surface area (Å²) in [7, 11) is -1.78. The first-order valence-electron chi connectivity index (χ1n) is 10.2. The maximum Gasteiger partial charge on any atom is 0.200 e. The van der Waals surface area contributed by atoms with Crippen LogP contribution in [0.25, 0.3) is 0 Å². The third kappa shape index (κ3) is 5.83. The average Bonchev–Trinajstić information content (AvgIpc) is 2.56. The smallest absolute Gasteiger partial charge is 0.200 e. The Morgan fingerprint density at radius 2 is 1.54 bits per heavy atom. The van der Waals surface area contributed by atoms with E-state index in [4.69, 9.17) is 4.43 Å². The Bertz CT molecular complexity index is 518. The molecule has 0 bridgehead atoms. The molecular formula is C22H40O3Si. The van der Waals surface area contributed by atoms with Gasteiger partial charge in [-0.05, 0) is 59.0 Å². The molecule has 0 spiro atoms. The number of aliphatic hydroxyl groups is 1. The Morgan fingerprint density at radius 1 is 0.962 bits per heavy atom. The van der Waals surface area contributed by atoms with Gasteiger partial charge in [0.1, 0.15) is 5.75 Å². The lowest BCUT2D eigenvalue weighted by Crippen LogP contribution is -2.48. The molecule has 0 aromatic heterocycles. The van der Waals surface area contributed by atoms with Gasteiger partial charge in [0.15, 0.2) is 8.32 Å². The predicted octanol–water partition coefficient (Wildman–Crippen LogP) is 5.69. The van der Waals surface area contributed by atoms with Gasteiger partial charge in [-0.2, -0.15) is 0 Å². The number of hydrogen-bond acceptors (Lipinski definition) is 3. The minimum Gasteiger partial charge on any atom is -0.508 e. The predicted molar refractivity (Wildman–Crippen MR) is 113 cm³/mol. The van der Waals surface area contributed by atoms with Gasteiger partial charge >= 0.3 is 0 Å². The number of aromatic hydroxyl groups is 1. The highest BCUT2D eigenvalue weighted by atomic mass is 28.4. The summed E-state index contributed by atoms with van der Waals surface area (Å²) in [6, 6.07) is 5.87. The van der Waals surface area contributed by atoms with Gasteiger partial charge in [-0.15, -0.1) is 0 Å². The largest absolute Gasteiger partial charge is 0.508 e. The van der Waals surface area contributed by atoms with E-state index in [-0.39, 0.29) is 12.5 Å². The summed E-state index contributed by atoms with van der Waals surface area (Å²) in [4.78, 5) is 0. The lowest BCUT2D eigenvalue weighted by molar-refractivity contribution is 0.236. The highest BCUT2D eigenvalue weighted by Crippen LogP contribution is 2.42. The van der Waals surface area contributed by atoms with Crippen molar-refractivity contribution in [1.29, 1.82) is 0 Å². The van der Waals surface area contributed by atoms with Crippen LogP contribution < -0.4 is 0 Å². The zero-order valence-electron chi connectivity index (χ0n) is 17.9. The van der Waals surface area contributed by atoms with Crippen LogP contribution in [0, 0.1) is 5.92 Å². The van der Waals surface area contributed by atoms with Crippen molar-refractivity contribution in [2.45, 2.75) is 84.4 Å². The van der Waals surface area contributed by atoms with Gasteiger partial charge < -0.3 is 14.6 Å². The van der Waals surface area contributed by atoms with Crippen LogP contribution in [0.1, 0.15) is 66.0 Å². The topological polar surface area (TPSA) is 49.7 Å². The highest BCUT2D eigenvalue weighted by Gasteiger charge is 2.44. The third-order valence-electron chi connectivity index (χ3n) is 5.69. The number of phenolic OH excluding ortho intramolecular Hbond substituents is 1. The molecule has 1 aromatic rings. The van der Waals surface area contributed by atoms with Crippen molar-refractivity contribution in [2.24, 2.45) is 5.92 Å². The van der Waals surface area contributed by atoms with E-state index in [1.54, 1.807) is 6.07 Å². The molecule has 0 aliphatic carbocycles. The molecule has 0 unspecified atom stereocenters. The van der Waals surface area contributed by atoms with Gasteiger partial charge in [-0.25, -0.2) is 0 Å². The fourth-order valence-corrected chi connectivity index (χ4v) is 9.92. The van der Waals surface area contributed by atoms with E-state index in [1.807, 2.05) is 13.0 Å². The summed E-state index contributed by atoms with van der Waals surface area (Å²) in [5.74, 6) is 0.491. The van der Waals surface area contributed by atoms with E-state index in [9.17, 15) is 10.2 Å². The number of aryl methyl sites for hydroxylation is 1. The van der Waals surface area contributed by atoms with E-state index in [1.165, 1.54) is 5.56 Å². The van der Waals surface area contributed by atoms with E-state index in [2.05, 4.69) is 47.6 Å². The number of phenols is 1. The summed E-state index contributed by atoms with van der Waals surface area (Å²) >= 11 is 0. The minimum atomic E-state index is -1.78. The van der Waals surface area contributed by atoms with E-state index in [0.717, 1.165) is 25.0 Å². The van der Waals surface area contributed by atoms with Crippen LogP contribution in [0.3, 0.4) is 0 Å². The number of hydrogen-bond donors (Lipinski definition) is 2. The number of aliphatic hydroxyl groups excluding tert-OH is 1. The second-order valence-electron chi connectivity index (χ2n) is 8.72. The molecule has 0 heterocycles. The quantitative estimate of drug-likeness (QED) is 0.383. The molecule has 0 amide bonds. The van der Waals surface area contributed by atoms with Crippen LogP contribution in [-0.2, 0) is 17.3 Å². The standard InChI is InChI=1S/C22H40O3Si/c1-16(2)26(17(3)4,18(5)6)25-12-8-9-20-10-11-22(24)21(14-20)13-19(7)15-23/h10-11,14,16-19,23-24H,8-9,12-13,15H2,1-7H3/t19-/m1/s1. The highest BCUT2D eigenvalue weighted by molar-refractivity contribution is 6.77. The first-order valence-corrected chi connectivity index (χ1v) is 12.3. The average molecular weight is 381 g/mol. The monoisotopic (exact) mass is 380 g/mol. The zero-order chi connectivity index (χ0) is 19.9. The first-order chi connectivity index (χ1) is 12.1. The number of rotatable bonds is 11. The van der Waals surface area contributed by atoms with Crippen LogP contribution in [0.5, 0.6) is 5.75 Å². The van der Waals surface area contributed by atoms with E-state index in [0.29, 0.717) is 28.8 Å². The lowest BCUT2D eigenvalue weighted by Gasteiger charge is -2.42. The summed E-state index contributed by atoms with van der Waals surface area (Å²) in [6.07, 6.45) is 2.66. The van der Waals surface area contributed by atoms with Crippen molar-refractivity contribution in [3.63, 3.8) is 0 Å². The van der Waals surface area contributed by atoms with Gasteiger partial charge in [-0.1, -0.05) is 60.6 Å². The second kappa shape index (κ2) is 10.5. The van der Waals surface area contributed by atoms with Gasteiger partial charge in [0.2, 0.25) is 0 Å². The molecule has 0 aliphatic heterocycles. The molecule has 1 atom stereocenters. The maximum atomic E-state index is 10.0. The molecule has 150 valence electrons. The SMILES string of the molecule is CC(C)[Si](OCCCc1ccc(O)c(C[C@@H](C)CO)c1)(C(C)C)C(C)C. The van der Waals surface area contributed by atoms with Gasteiger partial charge in [0.05, 0.1) is 0 Å². The Balaban J connectivity index is 2.68. The van der Waals surface area contributed by atoms with Gasteiger partial charge in [0.25, 0.3) is 0 Å². The van der Waals surface area contributed by atoms with Crippen molar-refractivity contribution in [1.82, 2.24) is 0 Å². The van der Waals surface area contributed by atoms with Crippen LogP contribution in [-0.4, -0.2) is 31.7 Å². The molecule has 0 saturated heterocycles. The van der Waals surface area contributed by atoms with Gasteiger partial charge in [-0.3, -0.25) is 0 Å². The summed E-state index contributed by atoms with van der Waals surface area (Å²) < 4.78 is 6.63. The fourth-order valence-electron chi connectivity index (χ4n) is 4.42. The second-order valence-corrected chi connectivity index (χ2v) is 14.2. The molecule has 4 heteroatoms. The molecule has 2 N–H and O–H groups in total. The van der Waals surface area contributed by atoms with Crippen molar-refractivity contribution in [3.8, 4) is 5.75 Å². The Labute approximate surface area is 161 Å². The summed E-state index contributed by atoms with van der Waals surface area (Å²) in [5, 5.41) is 19.3. The van der Waals surface area contributed by atoms with Crippen LogP contribution in [0.2, 0.25) is 16.6 Å². The van der Waals surface area contributed by atoms with Crippen molar-refractivity contribution >= 4 is 8.32 Å². The molecule has 0 saturated carbocycles. The van der Waals surface area contributed by atoms with Gasteiger partial charge in [0, 0.05) is 13.2 Å². The van der Waals surface area contributed by atoms with Crippen molar-refractivity contribution < 1.29 is 14.6 Å². The number of benzene rings is 1. The molecule has 3 nitrogen and oxygen atoms in total. The summed E-state index contributed by atoms with van der Waals surface area (Å²) in [6.45, 7) is 16.9. The first kappa shape index (κ1) is 23.2. The van der Waals surface area contributed by atoms with E-state index < -0.39 is 8.32 Å². The fraction of sp³-hybridized carbons (Fsp3) is 0.727. The normalized spacial score (nSPS) is 13.8. The van der Waals surface area contributed by atoms with Crippen molar-refractivity contribution in [3.05, 3.63) is 29.3 Å². The Kier molecular flexibility index (Phi) is 9.35. The molecule has 0 aliphatic rings.